The fourth-order valence-electron chi connectivity index (χ4n) is 2.57. The molecule has 0 bridgehead atoms. The highest BCUT2D eigenvalue weighted by Crippen LogP contribution is 2.21. The summed E-state index contributed by atoms with van der Waals surface area (Å²) in [4.78, 5) is 16.3. The highest BCUT2D eigenvalue weighted by atomic mass is 32.1. The largest absolute Gasteiger partial charge is 0.441 e. The Hall–Kier alpha value is -2.74. The first-order chi connectivity index (χ1) is 12.6. The molecule has 0 saturated heterocycles. The third-order valence-electron chi connectivity index (χ3n) is 4.05. The lowest BCUT2D eigenvalue weighted by molar-refractivity contribution is -0.121. The van der Waals surface area contributed by atoms with E-state index in [0.717, 1.165) is 5.56 Å². The van der Waals surface area contributed by atoms with Crippen LogP contribution in [-0.2, 0) is 24.3 Å². The second-order valence-corrected chi connectivity index (χ2v) is 6.34. The molecule has 2 N–H and O–H groups in total. The van der Waals surface area contributed by atoms with Crippen molar-refractivity contribution in [2.45, 2.75) is 39.8 Å². The van der Waals surface area contributed by atoms with Crippen LogP contribution in [0.2, 0.25) is 0 Å². The summed E-state index contributed by atoms with van der Waals surface area (Å²) >= 11 is 5.13. The van der Waals surface area contributed by atoms with Gasteiger partial charge in [-0.15, -0.1) is 0 Å². The molecule has 3 aromatic rings. The first-order valence-electron chi connectivity index (χ1n) is 8.49. The van der Waals surface area contributed by atoms with Gasteiger partial charge in [0.15, 0.2) is 22.2 Å². The molecule has 2 heterocycles. The predicted molar refractivity (Wildman–Crippen MR) is 99.9 cm³/mol. The molecule has 0 fully saturated rings. The van der Waals surface area contributed by atoms with Crippen LogP contribution in [0.25, 0.3) is 11.3 Å². The summed E-state index contributed by atoms with van der Waals surface area (Å²) in [7, 11) is 0. The third kappa shape index (κ3) is 4.26. The average molecular weight is 371 g/mol. The van der Waals surface area contributed by atoms with Crippen molar-refractivity contribution in [1.82, 2.24) is 25.1 Å². The molecular formula is C18H21N5O2S. The van der Waals surface area contributed by atoms with Gasteiger partial charge in [-0.2, -0.15) is 5.10 Å². The van der Waals surface area contributed by atoms with E-state index in [0.29, 0.717) is 48.2 Å². The molecule has 0 unspecified atom stereocenters. The molecule has 136 valence electrons. The Balaban J connectivity index is 1.52. The summed E-state index contributed by atoms with van der Waals surface area (Å²) in [6.07, 6.45) is 2.43. The van der Waals surface area contributed by atoms with Crippen LogP contribution in [0.3, 0.4) is 0 Å². The minimum atomic E-state index is -0.0864. The summed E-state index contributed by atoms with van der Waals surface area (Å²) in [6, 6.07) is 8.03. The van der Waals surface area contributed by atoms with Crippen molar-refractivity contribution in [2.75, 3.05) is 0 Å². The van der Waals surface area contributed by atoms with E-state index >= 15 is 0 Å². The average Bonchev–Trinajstić information content (AvgIpc) is 3.25. The molecule has 0 aliphatic carbocycles. The highest BCUT2D eigenvalue weighted by molar-refractivity contribution is 7.71. The Morgan fingerprint density at radius 3 is 2.85 bits per heavy atom. The molecule has 0 atom stereocenters. The number of aryl methyl sites for hydroxylation is 2. The van der Waals surface area contributed by atoms with Gasteiger partial charge >= 0.3 is 0 Å². The van der Waals surface area contributed by atoms with Gasteiger partial charge in [0.1, 0.15) is 0 Å². The molecule has 26 heavy (non-hydrogen) atoms. The number of H-pyrrole nitrogens is 1. The fourth-order valence-corrected chi connectivity index (χ4v) is 2.86. The lowest BCUT2D eigenvalue weighted by atomic mass is 10.1. The molecule has 0 spiro atoms. The number of oxazole rings is 1. The number of rotatable bonds is 7. The van der Waals surface area contributed by atoms with Crippen LogP contribution in [-0.4, -0.2) is 25.7 Å². The Morgan fingerprint density at radius 2 is 2.12 bits per heavy atom. The summed E-state index contributed by atoms with van der Waals surface area (Å²) in [5.74, 6) is 1.88. The van der Waals surface area contributed by atoms with Gasteiger partial charge in [-0.05, 0) is 26.1 Å². The summed E-state index contributed by atoms with van der Waals surface area (Å²) in [5, 5.41) is 9.69. The van der Waals surface area contributed by atoms with Gasteiger partial charge in [0.2, 0.25) is 5.91 Å². The second kappa shape index (κ2) is 8.09. The number of amides is 1. The number of carbonyl (C=O) groups excluding carboxylic acids is 1. The third-order valence-corrected chi connectivity index (χ3v) is 4.36. The Morgan fingerprint density at radius 1 is 1.35 bits per heavy atom. The van der Waals surface area contributed by atoms with Gasteiger partial charge in [-0.3, -0.25) is 9.89 Å². The van der Waals surface area contributed by atoms with Crippen molar-refractivity contribution >= 4 is 18.1 Å². The van der Waals surface area contributed by atoms with Crippen LogP contribution in [0.5, 0.6) is 0 Å². The van der Waals surface area contributed by atoms with E-state index in [4.69, 9.17) is 16.6 Å². The van der Waals surface area contributed by atoms with Gasteiger partial charge in [-0.1, -0.05) is 29.8 Å². The number of nitrogens with one attached hydrogen (secondary N) is 2. The first kappa shape index (κ1) is 18.1. The van der Waals surface area contributed by atoms with E-state index < -0.39 is 0 Å². The minimum absolute atomic E-state index is 0.0864. The first-order valence-corrected chi connectivity index (χ1v) is 8.90. The van der Waals surface area contributed by atoms with Crippen molar-refractivity contribution in [1.29, 1.82) is 0 Å². The number of carbonyl (C=O) groups is 1. The summed E-state index contributed by atoms with van der Waals surface area (Å²) < 4.78 is 8.14. The molecule has 0 radical (unpaired) electrons. The maximum atomic E-state index is 12.1. The van der Waals surface area contributed by atoms with E-state index in [9.17, 15) is 4.79 Å². The summed E-state index contributed by atoms with van der Waals surface area (Å²) in [6.45, 7) is 5.05. The summed E-state index contributed by atoms with van der Waals surface area (Å²) in [5.41, 5.74) is 2.16. The molecule has 7 nitrogen and oxygen atoms in total. The zero-order valence-corrected chi connectivity index (χ0v) is 15.6. The van der Waals surface area contributed by atoms with Crippen LogP contribution in [0.15, 0.2) is 34.9 Å². The number of aromatic amines is 1. The van der Waals surface area contributed by atoms with Crippen molar-refractivity contribution in [3.8, 4) is 11.3 Å². The number of hydrogen-bond donors (Lipinski definition) is 2. The van der Waals surface area contributed by atoms with Crippen molar-refractivity contribution in [3.63, 3.8) is 0 Å². The van der Waals surface area contributed by atoms with E-state index in [1.807, 2.05) is 42.7 Å². The number of hydrogen-bond acceptors (Lipinski definition) is 5. The predicted octanol–water partition coefficient (Wildman–Crippen LogP) is 3.17. The van der Waals surface area contributed by atoms with Crippen LogP contribution < -0.4 is 5.32 Å². The zero-order valence-electron chi connectivity index (χ0n) is 14.8. The molecular weight excluding hydrogens is 350 g/mol. The highest BCUT2D eigenvalue weighted by Gasteiger charge is 2.10. The molecule has 2 aromatic heterocycles. The van der Waals surface area contributed by atoms with Crippen LogP contribution in [0.4, 0.5) is 0 Å². The van der Waals surface area contributed by atoms with Crippen LogP contribution >= 0.6 is 12.2 Å². The van der Waals surface area contributed by atoms with Gasteiger partial charge < -0.3 is 14.3 Å². The lowest BCUT2D eigenvalue weighted by Crippen LogP contribution is -2.25. The Bertz CT molecular complexity index is 939. The normalized spacial score (nSPS) is 10.8. The Kier molecular flexibility index (Phi) is 5.62. The molecule has 0 saturated carbocycles. The van der Waals surface area contributed by atoms with Gasteiger partial charge in [0.05, 0.1) is 12.7 Å². The molecule has 3 rings (SSSR count). The SMILES string of the molecule is CCn1c(CNC(=O)CCc2ncc(-c3ccc(C)cc3)o2)n[nH]c1=S. The standard InChI is InChI=1S/C18H21N5O2S/c1-3-23-15(21-22-18(23)26)11-19-16(24)8-9-17-20-10-14(25-17)13-6-4-12(2)5-7-13/h4-7,10H,3,8-9,11H2,1-2H3,(H,19,24)(H,22,26). The van der Waals surface area contributed by atoms with Crippen LogP contribution in [0, 0.1) is 11.7 Å². The maximum Gasteiger partial charge on any atom is 0.220 e. The van der Waals surface area contributed by atoms with E-state index in [1.165, 1.54) is 5.56 Å². The van der Waals surface area contributed by atoms with E-state index in [1.54, 1.807) is 6.20 Å². The molecule has 0 aliphatic rings. The Labute approximate surface area is 156 Å². The number of nitrogens with zero attached hydrogens (tertiary/aromatic N) is 3. The molecule has 0 aliphatic heterocycles. The van der Waals surface area contributed by atoms with Gasteiger partial charge in [-0.25, -0.2) is 4.98 Å². The topological polar surface area (TPSA) is 88.7 Å². The van der Waals surface area contributed by atoms with Crippen LogP contribution in [0.1, 0.15) is 30.6 Å². The number of benzene rings is 1. The quantitative estimate of drug-likeness (QED) is 0.623. The van der Waals surface area contributed by atoms with Gasteiger partial charge in [0, 0.05) is 24.9 Å². The molecule has 1 amide bonds. The van der Waals surface area contributed by atoms with Crippen molar-refractivity contribution in [3.05, 3.63) is 52.5 Å². The van der Waals surface area contributed by atoms with Crippen molar-refractivity contribution in [2.24, 2.45) is 0 Å². The molecule has 8 heteroatoms. The second-order valence-electron chi connectivity index (χ2n) is 5.95. The minimum Gasteiger partial charge on any atom is -0.441 e. The monoisotopic (exact) mass is 371 g/mol. The number of aromatic nitrogens is 4. The fraction of sp³-hybridized carbons (Fsp3) is 0.333. The lowest BCUT2D eigenvalue weighted by Gasteiger charge is -2.05. The van der Waals surface area contributed by atoms with E-state index in [-0.39, 0.29) is 5.91 Å². The molecule has 1 aromatic carbocycles. The van der Waals surface area contributed by atoms with E-state index in [2.05, 4.69) is 20.5 Å². The van der Waals surface area contributed by atoms with Crippen molar-refractivity contribution < 1.29 is 9.21 Å². The van der Waals surface area contributed by atoms with Gasteiger partial charge in [0.25, 0.3) is 0 Å². The zero-order chi connectivity index (χ0) is 18.5. The maximum absolute atomic E-state index is 12.1. The smallest absolute Gasteiger partial charge is 0.220 e.